The van der Waals surface area contributed by atoms with Crippen LogP contribution in [-0.4, -0.2) is 42.9 Å². The first-order chi connectivity index (χ1) is 9.65. The molecule has 1 aliphatic rings. The van der Waals surface area contributed by atoms with E-state index in [9.17, 15) is 9.59 Å². The molecule has 0 saturated heterocycles. The monoisotopic (exact) mass is 275 g/mol. The van der Waals surface area contributed by atoms with Crippen LogP contribution in [0.1, 0.15) is 29.8 Å². The molecular weight excluding hydrogens is 254 g/mol. The quantitative estimate of drug-likeness (QED) is 0.850. The zero-order valence-electron chi connectivity index (χ0n) is 12.0. The van der Waals surface area contributed by atoms with Crippen LogP contribution in [0.25, 0.3) is 0 Å². The molecule has 1 aromatic rings. The summed E-state index contributed by atoms with van der Waals surface area (Å²) in [5, 5.41) is 5.98. The molecule has 20 heavy (non-hydrogen) atoms. The number of carbonyl (C=O) groups is 2. The molecule has 5 heteroatoms. The van der Waals surface area contributed by atoms with Crippen molar-refractivity contribution < 1.29 is 9.59 Å². The molecule has 0 atom stereocenters. The highest BCUT2D eigenvalue weighted by atomic mass is 16.2. The van der Waals surface area contributed by atoms with Crippen molar-refractivity contribution in [3.63, 3.8) is 0 Å². The van der Waals surface area contributed by atoms with E-state index < -0.39 is 0 Å². The van der Waals surface area contributed by atoms with Gasteiger partial charge in [-0.3, -0.25) is 9.59 Å². The Kier molecular flexibility index (Phi) is 4.61. The number of carbonyl (C=O) groups excluding carboxylic acids is 2. The predicted octanol–water partition coefficient (Wildman–Crippen LogP) is 1.25. The maximum atomic E-state index is 12.4. The summed E-state index contributed by atoms with van der Waals surface area (Å²) in [6.45, 7) is 5.87. The smallest absolute Gasteiger partial charge is 0.254 e. The van der Waals surface area contributed by atoms with Crippen molar-refractivity contribution in [2.45, 2.75) is 20.3 Å². The summed E-state index contributed by atoms with van der Waals surface area (Å²) in [6.07, 6.45) is 0.943. The van der Waals surface area contributed by atoms with Gasteiger partial charge < -0.3 is 15.5 Å². The number of fused-ring (bicyclic) bond motifs is 1. The first-order valence-electron chi connectivity index (χ1n) is 7.08. The average molecular weight is 275 g/mol. The van der Waals surface area contributed by atoms with Gasteiger partial charge in [0.05, 0.1) is 6.54 Å². The third kappa shape index (κ3) is 3.10. The molecular formula is C15H21N3O2. The lowest BCUT2D eigenvalue weighted by atomic mass is 10.1. The summed E-state index contributed by atoms with van der Waals surface area (Å²) in [4.78, 5) is 25.6. The molecule has 1 aromatic carbocycles. The van der Waals surface area contributed by atoms with Crippen LogP contribution in [0.2, 0.25) is 0 Å². The highest BCUT2D eigenvalue weighted by Gasteiger charge is 2.19. The molecule has 0 aliphatic carbocycles. The van der Waals surface area contributed by atoms with Gasteiger partial charge in [-0.15, -0.1) is 0 Å². The molecule has 0 aromatic heterocycles. The van der Waals surface area contributed by atoms with Crippen LogP contribution in [0, 0.1) is 0 Å². The van der Waals surface area contributed by atoms with Crippen molar-refractivity contribution in [3.05, 3.63) is 29.3 Å². The van der Waals surface area contributed by atoms with E-state index in [0.29, 0.717) is 18.7 Å². The van der Waals surface area contributed by atoms with E-state index in [4.69, 9.17) is 0 Å². The molecule has 108 valence electrons. The number of nitrogens with one attached hydrogen (secondary N) is 2. The second-order valence-corrected chi connectivity index (χ2v) is 4.82. The van der Waals surface area contributed by atoms with Crippen molar-refractivity contribution in [1.82, 2.24) is 10.2 Å². The van der Waals surface area contributed by atoms with Gasteiger partial charge in [0.2, 0.25) is 5.91 Å². The van der Waals surface area contributed by atoms with E-state index in [1.165, 1.54) is 5.56 Å². The van der Waals surface area contributed by atoms with E-state index in [2.05, 4.69) is 10.6 Å². The van der Waals surface area contributed by atoms with E-state index in [1.54, 1.807) is 4.90 Å². The van der Waals surface area contributed by atoms with E-state index in [-0.39, 0.29) is 18.4 Å². The van der Waals surface area contributed by atoms with Crippen molar-refractivity contribution in [3.8, 4) is 0 Å². The molecule has 2 amide bonds. The van der Waals surface area contributed by atoms with E-state index >= 15 is 0 Å². The minimum Gasteiger partial charge on any atom is -0.384 e. The molecule has 0 radical (unpaired) electrons. The van der Waals surface area contributed by atoms with Crippen molar-refractivity contribution >= 4 is 17.5 Å². The maximum absolute atomic E-state index is 12.4. The molecule has 0 unspecified atom stereocenters. The lowest BCUT2D eigenvalue weighted by molar-refractivity contribution is -0.121. The third-order valence-corrected chi connectivity index (χ3v) is 3.44. The predicted molar refractivity (Wildman–Crippen MR) is 78.9 cm³/mol. The maximum Gasteiger partial charge on any atom is 0.254 e. The largest absolute Gasteiger partial charge is 0.384 e. The van der Waals surface area contributed by atoms with Gasteiger partial charge in [-0.1, -0.05) is 0 Å². The summed E-state index contributed by atoms with van der Waals surface area (Å²) < 4.78 is 0. The number of hydrogen-bond acceptors (Lipinski definition) is 3. The molecule has 0 saturated carbocycles. The van der Waals surface area contributed by atoms with Gasteiger partial charge in [0.15, 0.2) is 0 Å². The normalized spacial score (nSPS) is 12.5. The summed E-state index contributed by atoms with van der Waals surface area (Å²) in [7, 11) is 0. The van der Waals surface area contributed by atoms with Crippen molar-refractivity contribution in [1.29, 1.82) is 0 Å². The van der Waals surface area contributed by atoms with E-state index in [0.717, 1.165) is 18.7 Å². The molecule has 0 spiro atoms. The van der Waals surface area contributed by atoms with Crippen molar-refractivity contribution in [2.75, 3.05) is 31.5 Å². The highest BCUT2D eigenvalue weighted by molar-refractivity contribution is 5.97. The Morgan fingerprint density at radius 3 is 2.85 bits per heavy atom. The zero-order valence-corrected chi connectivity index (χ0v) is 12.0. The van der Waals surface area contributed by atoms with Crippen LogP contribution in [0.4, 0.5) is 5.69 Å². The van der Waals surface area contributed by atoms with Crippen LogP contribution in [0.3, 0.4) is 0 Å². The van der Waals surface area contributed by atoms with Gasteiger partial charge in [-0.2, -0.15) is 0 Å². The van der Waals surface area contributed by atoms with Crippen LogP contribution in [-0.2, 0) is 11.2 Å². The molecule has 1 heterocycles. The van der Waals surface area contributed by atoms with Gasteiger partial charge >= 0.3 is 0 Å². The molecule has 2 N–H and O–H groups in total. The van der Waals surface area contributed by atoms with Gasteiger partial charge in [0, 0.05) is 30.9 Å². The van der Waals surface area contributed by atoms with Crippen LogP contribution >= 0.6 is 0 Å². The highest BCUT2D eigenvalue weighted by Crippen LogP contribution is 2.23. The number of hydrogen-bond donors (Lipinski definition) is 2. The van der Waals surface area contributed by atoms with Gasteiger partial charge in [-0.05, 0) is 44.0 Å². The number of anilines is 1. The fourth-order valence-electron chi connectivity index (χ4n) is 2.37. The van der Waals surface area contributed by atoms with Crippen LogP contribution in [0.5, 0.6) is 0 Å². The standard InChI is InChI=1S/C15H21N3O2/c1-3-16-14(19)10-18(4-2)15(20)12-5-6-13-11(9-12)7-8-17-13/h5-6,9,17H,3-4,7-8,10H2,1-2H3,(H,16,19). The lowest BCUT2D eigenvalue weighted by Crippen LogP contribution is -2.40. The zero-order chi connectivity index (χ0) is 14.5. The molecule has 0 fully saturated rings. The van der Waals surface area contributed by atoms with E-state index in [1.807, 2.05) is 32.0 Å². The fourth-order valence-corrected chi connectivity index (χ4v) is 2.37. The summed E-state index contributed by atoms with van der Waals surface area (Å²) in [5.74, 6) is -0.209. The van der Waals surface area contributed by atoms with Gasteiger partial charge in [0.1, 0.15) is 0 Å². The fraction of sp³-hybridized carbons (Fsp3) is 0.467. The number of likely N-dealkylation sites (N-methyl/N-ethyl adjacent to an activating group) is 2. The molecule has 1 aliphatic heterocycles. The molecule has 0 bridgehead atoms. The number of rotatable bonds is 5. The summed E-state index contributed by atoms with van der Waals surface area (Å²) >= 11 is 0. The molecule has 5 nitrogen and oxygen atoms in total. The van der Waals surface area contributed by atoms with Gasteiger partial charge in [0.25, 0.3) is 5.91 Å². The first-order valence-corrected chi connectivity index (χ1v) is 7.08. The third-order valence-electron chi connectivity index (χ3n) is 3.44. The second kappa shape index (κ2) is 6.41. The minimum atomic E-state index is -0.120. The number of nitrogens with zero attached hydrogens (tertiary/aromatic N) is 1. The average Bonchev–Trinajstić information content (AvgIpc) is 2.91. The Balaban J connectivity index is 2.10. The number of benzene rings is 1. The number of amides is 2. The Morgan fingerprint density at radius 2 is 2.15 bits per heavy atom. The van der Waals surface area contributed by atoms with Crippen LogP contribution < -0.4 is 10.6 Å². The van der Waals surface area contributed by atoms with Crippen molar-refractivity contribution in [2.24, 2.45) is 0 Å². The second-order valence-electron chi connectivity index (χ2n) is 4.82. The Hall–Kier alpha value is -2.04. The van der Waals surface area contributed by atoms with Crippen LogP contribution in [0.15, 0.2) is 18.2 Å². The topological polar surface area (TPSA) is 61.4 Å². The summed E-state index contributed by atoms with van der Waals surface area (Å²) in [5.41, 5.74) is 2.93. The first kappa shape index (κ1) is 14.4. The lowest BCUT2D eigenvalue weighted by Gasteiger charge is -2.20. The Morgan fingerprint density at radius 1 is 1.35 bits per heavy atom. The Labute approximate surface area is 119 Å². The summed E-state index contributed by atoms with van der Waals surface area (Å²) in [6, 6.07) is 5.69. The minimum absolute atomic E-state index is 0.0894. The Bertz CT molecular complexity index is 514. The SMILES string of the molecule is CCNC(=O)CN(CC)C(=O)c1ccc2c(c1)CCN2. The molecule has 2 rings (SSSR count). The van der Waals surface area contributed by atoms with Gasteiger partial charge in [-0.25, -0.2) is 0 Å².